The van der Waals surface area contributed by atoms with Gasteiger partial charge in [0.25, 0.3) is 0 Å². The molecule has 94 valence electrons. The molecular weight excluding hydrogens is 255 g/mol. The molecular formula is C12H10O5P-. The lowest BCUT2D eigenvalue weighted by Crippen LogP contribution is -2.12. The molecule has 2 rings (SSSR count). The Hall–Kier alpha value is -1.97. The van der Waals surface area contributed by atoms with Crippen molar-refractivity contribution in [2.45, 2.75) is 0 Å². The first kappa shape index (κ1) is 12.5. The maximum Gasteiger partial charge on any atom is 0.372 e. The Kier molecular flexibility index (Phi) is 3.55. The van der Waals surface area contributed by atoms with Crippen LogP contribution in [-0.2, 0) is 4.57 Å². The van der Waals surface area contributed by atoms with Crippen molar-refractivity contribution in [1.29, 1.82) is 0 Å². The fourth-order valence-corrected chi connectivity index (χ4v) is 2.09. The monoisotopic (exact) mass is 265 g/mol. The molecule has 0 saturated carbocycles. The minimum atomic E-state index is -4.52. The van der Waals surface area contributed by atoms with E-state index in [4.69, 9.17) is 9.05 Å². The van der Waals surface area contributed by atoms with Crippen LogP contribution >= 0.6 is 7.82 Å². The van der Waals surface area contributed by atoms with Crippen molar-refractivity contribution < 1.29 is 23.6 Å². The smallest absolute Gasteiger partial charge is 0.372 e. The van der Waals surface area contributed by atoms with E-state index >= 15 is 0 Å². The summed E-state index contributed by atoms with van der Waals surface area (Å²) >= 11 is 0. The molecule has 0 aliphatic rings. The van der Waals surface area contributed by atoms with Gasteiger partial charge < -0.3 is 19.0 Å². The lowest BCUT2D eigenvalue weighted by Gasteiger charge is -2.23. The van der Waals surface area contributed by atoms with E-state index in [1.165, 1.54) is 36.4 Å². The third kappa shape index (κ3) is 3.52. The van der Waals surface area contributed by atoms with E-state index in [0.29, 0.717) is 0 Å². The molecule has 2 aromatic rings. The zero-order valence-corrected chi connectivity index (χ0v) is 10.1. The fraction of sp³-hybridized carbons (Fsp3) is 0. The summed E-state index contributed by atoms with van der Waals surface area (Å²) in [7, 11) is -4.52. The molecule has 0 aromatic heterocycles. The molecule has 0 heterocycles. The summed E-state index contributed by atoms with van der Waals surface area (Å²) in [5.41, 5.74) is 0. The Morgan fingerprint density at radius 3 is 2.22 bits per heavy atom. The van der Waals surface area contributed by atoms with Crippen LogP contribution in [0.3, 0.4) is 0 Å². The minimum absolute atomic E-state index is 0.00994. The third-order valence-corrected chi connectivity index (χ3v) is 2.86. The van der Waals surface area contributed by atoms with Crippen molar-refractivity contribution in [3.8, 4) is 17.2 Å². The summed E-state index contributed by atoms with van der Waals surface area (Å²) in [6.45, 7) is 0. The highest BCUT2D eigenvalue weighted by Crippen LogP contribution is 2.40. The van der Waals surface area contributed by atoms with Gasteiger partial charge in [0.2, 0.25) is 0 Å². The van der Waals surface area contributed by atoms with Gasteiger partial charge in [-0.2, -0.15) is 0 Å². The van der Waals surface area contributed by atoms with Crippen molar-refractivity contribution in [1.82, 2.24) is 0 Å². The quantitative estimate of drug-likeness (QED) is 0.858. The summed E-state index contributed by atoms with van der Waals surface area (Å²) in [6.07, 6.45) is 0. The SMILES string of the molecule is O=P([O-])(Oc1ccccc1)Oc1cccc(O)c1. The molecule has 0 aliphatic carbocycles. The van der Waals surface area contributed by atoms with E-state index < -0.39 is 7.82 Å². The minimum Gasteiger partial charge on any atom is -0.736 e. The number of para-hydroxylation sites is 1. The number of hydrogen-bond donors (Lipinski definition) is 1. The largest absolute Gasteiger partial charge is 0.736 e. The highest BCUT2D eigenvalue weighted by Gasteiger charge is 2.13. The standard InChI is InChI=1S/C12H11O5P/c13-10-5-4-8-12(9-10)17-18(14,15)16-11-6-2-1-3-7-11/h1-9,13H,(H,14,15)/p-1. The van der Waals surface area contributed by atoms with Crippen molar-refractivity contribution in [3.05, 3.63) is 54.6 Å². The molecule has 0 amide bonds. The predicted molar refractivity (Wildman–Crippen MR) is 63.4 cm³/mol. The molecule has 0 radical (unpaired) electrons. The van der Waals surface area contributed by atoms with Crippen LogP contribution in [0.4, 0.5) is 0 Å². The number of aromatic hydroxyl groups is 1. The van der Waals surface area contributed by atoms with Crippen LogP contribution in [-0.4, -0.2) is 5.11 Å². The van der Waals surface area contributed by atoms with Gasteiger partial charge >= 0.3 is 7.82 Å². The van der Waals surface area contributed by atoms with Crippen LogP contribution in [0.25, 0.3) is 0 Å². The van der Waals surface area contributed by atoms with E-state index in [9.17, 15) is 14.6 Å². The van der Waals surface area contributed by atoms with E-state index in [-0.39, 0.29) is 17.2 Å². The van der Waals surface area contributed by atoms with Crippen molar-refractivity contribution >= 4 is 7.82 Å². The number of benzene rings is 2. The number of hydrogen-bond acceptors (Lipinski definition) is 5. The highest BCUT2D eigenvalue weighted by molar-refractivity contribution is 7.46. The average Bonchev–Trinajstić information content (AvgIpc) is 2.28. The number of phenolic OH excluding ortho intramolecular Hbond substituents is 1. The van der Waals surface area contributed by atoms with Gasteiger partial charge in [-0.25, -0.2) is 4.57 Å². The average molecular weight is 265 g/mol. The van der Waals surface area contributed by atoms with Gasteiger partial charge in [0, 0.05) is 6.07 Å². The maximum absolute atomic E-state index is 11.6. The first-order valence-corrected chi connectivity index (χ1v) is 6.55. The second-order valence-electron chi connectivity index (χ2n) is 3.44. The van der Waals surface area contributed by atoms with Gasteiger partial charge in [-0.1, -0.05) is 24.3 Å². The summed E-state index contributed by atoms with van der Waals surface area (Å²) in [5, 5.41) is 9.19. The number of phenols is 1. The molecule has 1 N–H and O–H groups in total. The van der Waals surface area contributed by atoms with Gasteiger partial charge in [-0.3, -0.25) is 0 Å². The Labute approximate surface area is 104 Å². The van der Waals surface area contributed by atoms with Crippen LogP contribution in [0.5, 0.6) is 17.2 Å². The first-order valence-electron chi connectivity index (χ1n) is 5.09. The first-order chi connectivity index (χ1) is 8.55. The third-order valence-electron chi connectivity index (χ3n) is 2.00. The maximum atomic E-state index is 11.6. The van der Waals surface area contributed by atoms with E-state index in [1.54, 1.807) is 18.2 Å². The van der Waals surface area contributed by atoms with Gasteiger partial charge in [0.15, 0.2) is 0 Å². The second kappa shape index (κ2) is 5.12. The molecule has 1 unspecified atom stereocenters. The zero-order valence-electron chi connectivity index (χ0n) is 9.22. The predicted octanol–water partition coefficient (Wildman–Crippen LogP) is 2.32. The zero-order chi connectivity index (χ0) is 13.0. The molecule has 2 aromatic carbocycles. The van der Waals surface area contributed by atoms with Crippen LogP contribution in [0.15, 0.2) is 54.6 Å². The lowest BCUT2D eigenvalue weighted by atomic mass is 10.3. The topological polar surface area (TPSA) is 78.8 Å². The van der Waals surface area contributed by atoms with Gasteiger partial charge in [0.1, 0.15) is 17.2 Å². The highest BCUT2D eigenvalue weighted by atomic mass is 31.2. The summed E-state index contributed by atoms with van der Waals surface area (Å²) < 4.78 is 21.0. The van der Waals surface area contributed by atoms with E-state index in [0.717, 1.165) is 0 Å². The van der Waals surface area contributed by atoms with Crippen molar-refractivity contribution in [2.24, 2.45) is 0 Å². The van der Waals surface area contributed by atoms with Crippen LogP contribution in [0.1, 0.15) is 0 Å². The lowest BCUT2D eigenvalue weighted by molar-refractivity contribution is -0.208. The Morgan fingerprint density at radius 1 is 0.944 bits per heavy atom. The van der Waals surface area contributed by atoms with Gasteiger partial charge in [0.05, 0.1) is 0 Å². The van der Waals surface area contributed by atoms with Gasteiger partial charge in [-0.05, 0) is 24.3 Å². The van der Waals surface area contributed by atoms with Gasteiger partial charge in [-0.15, -0.1) is 0 Å². The summed E-state index contributed by atoms with van der Waals surface area (Å²) in [4.78, 5) is 11.6. The number of rotatable bonds is 4. The summed E-state index contributed by atoms with van der Waals surface area (Å²) in [5.74, 6) is 0.0625. The van der Waals surface area contributed by atoms with E-state index in [2.05, 4.69) is 0 Å². The van der Waals surface area contributed by atoms with E-state index in [1.807, 2.05) is 0 Å². The molecule has 1 atom stereocenters. The number of phosphoric acid groups is 1. The van der Waals surface area contributed by atoms with Crippen LogP contribution in [0.2, 0.25) is 0 Å². The normalized spacial score (nSPS) is 13.6. The van der Waals surface area contributed by atoms with Crippen molar-refractivity contribution in [3.63, 3.8) is 0 Å². The van der Waals surface area contributed by atoms with Crippen LogP contribution in [0, 0.1) is 0 Å². The fourth-order valence-electron chi connectivity index (χ4n) is 1.30. The second-order valence-corrected chi connectivity index (χ2v) is 4.70. The molecule has 0 bridgehead atoms. The molecule has 6 heteroatoms. The van der Waals surface area contributed by atoms with Crippen LogP contribution < -0.4 is 13.9 Å². The molecule has 0 fully saturated rings. The number of phosphoric ester groups is 1. The Morgan fingerprint density at radius 2 is 1.56 bits per heavy atom. The molecule has 18 heavy (non-hydrogen) atoms. The Balaban J connectivity index is 2.10. The molecule has 0 saturated heterocycles. The molecule has 0 spiro atoms. The Bertz CT molecular complexity index is 570. The molecule has 5 nitrogen and oxygen atoms in total. The molecule has 0 aliphatic heterocycles. The van der Waals surface area contributed by atoms with Crippen molar-refractivity contribution in [2.75, 3.05) is 0 Å². The summed E-state index contributed by atoms with van der Waals surface area (Å²) in [6, 6.07) is 13.5.